The van der Waals surface area contributed by atoms with E-state index in [1.165, 1.54) is 31.2 Å². The standard InChI is InChI=1S/C16H16F3NO/c1-9-6-7-13(18)14(15(9)19)16(21)11(8-20)10-4-2-3-5-12(10)17/h2-7,11,16,21H,8,20H2,1H3. The molecule has 2 rings (SSSR count). The summed E-state index contributed by atoms with van der Waals surface area (Å²) in [6.07, 6.45) is -1.56. The minimum absolute atomic E-state index is 0.132. The maximum absolute atomic E-state index is 14.1. The second-order valence-electron chi connectivity index (χ2n) is 4.90. The van der Waals surface area contributed by atoms with E-state index in [-0.39, 0.29) is 17.7 Å². The summed E-state index contributed by atoms with van der Waals surface area (Å²) in [6, 6.07) is 8.09. The minimum atomic E-state index is -1.56. The van der Waals surface area contributed by atoms with Crippen molar-refractivity contribution in [1.82, 2.24) is 0 Å². The molecule has 0 aliphatic heterocycles. The van der Waals surface area contributed by atoms with Crippen LogP contribution in [0.3, 0.4) is 0 Å². The van der Waals surface area contributed by atoms with E-state index in [2.05, 4.69) is 0 Å². The van der Waals surface area contributed by atoms with Crippen LogP contribution in [0.1, 0.15) is 28.7 Å². The van der Waals surface area contributed by atoms with E-state index >= 15 is 0 Å². The molecule has 0 fully saturated rings. The van der Waals surface area contributed by atoms with Gasteiger partial charge in [-0.2, -0.15) is 0 Å². The summed E-state index contributed by atoms with van der Waals surface area (Å²) >= 11 is 0. The molecule has 0 amide bonds. The molecule has 0 aromatic heterocycles. The van der Waals surface area contributed by atoms with E-state index in [1.54, 1.807) is 6.07 Å². The molecule has 3 N–H and O–H groups in total. The van der Waals surface area contributed by atoms with E-state index in [1.807, 2.05) is 0 Å². The lowest BCUT2D eigenvalue weighted by molar-refractivity contribution is 0.136. The van der Waals surface area contributed by atoms with Gasteiger partial charge in [0.15, 0.2) is 0 Å². The molecule has 2 atom stereocenters. The molecule has 2 nitrogen and oxygen atoms in total. The lowest BCUT2D eigenvalue weighted by Crippen LogP contribution is -2.23. The van der Waals surface area contributed by atoms with Gasteiger partial charge in [-0.05, 0) is 30.2 Å². The van der Waals surface area contributed by atoms with Crippen LogP contribution >= 0.6 is 0 Å². The Morgan fingerprint density at radius 2 is 1.71 bits per heavy atom. The van der Waals surface area contributed by atoms with E-state index in [0.29, 0.717) is 0 Å². The highest BCUT2D eigenvalue weighted by Crippen LogP contribution is 2.34. The Bertz CT molecular complexity index is 645. The van der Waals surface area contributed by atoms with Crippen molar-refractivity contribution in [1.29, 1.82) is 0 Å². The Kier molecular flexibility index (Phi) is 4.65. The van der Waals surface area contributed by atoms with Gasteiger partial charge in [-0.3, -0.25) is 0 Å². The van der Waals surface area contributed by atoms with Gasteiger partial charge >= 0.3 is 0 Å². The fourth-order valence-electron chi connectivity index (χ4n) is 2.35. The van der Waals surface area contributed by atoms with E-state index in [9.17, 15) is 18.3 Å². The third-order valence-corrected chi connectivity index (χ3v) is 3.56. The van der Waals surface area contributed by atoms with E-state index < -0.39 is 35.0 Å². The molecule has 2 unspecified atom stereocenters. The molecular weight excluding hydrogens is 279 g/mol. The van der Waals surface area contributed by atoms with Crippen LogP contribution < -0.4 is 5.73 Å². The summed E-state index contributed by atoms with van der Waals surface area (Å²) in [6.45, 7) is 1.32. The summed E-state index contributed by atoms with van der Waals surface area (Å²) in [7, 11) is 0. The van der Waals surface area contributed by atoms with Gasteiger partial charge in [0.2, 0.25) is 0 Å². The molecule has 0 heterocycles. The van der Waals surface area contributed by atoms with E-state index in [0.717, 1.165) is 6.07 Å². The first kappa shape index (κ1) is 15.5. The van der Waals surface area contributed by atoms with Crippen LogP contribution in [0.25, 0.3) is 0 Å². The molecule has 5 heteroatoms. The predicted molar refractivity (Wildman–Crippen MR) is 74.3 cm³/mol. The molecule has 0 radical (unpaired) electrons. The molecule has 2 aromatic carbocycles. The van der Waals surface area contributed by atoms with Crippen molar-refractivity contribution < 1.29 is 18.3 Å². The van der Waals surface area contributed by atoms with Crippen molar-refractivity contribution in [2.45, 2.75) is 18.9 Å². The fourth-order valence-corrected chi connectivity index (χ4v) is 2.35. The molecule has 0 bridgehead atoms. The second-order valence-corrected chi connectivity index (χ2v) is 4.90. The van der Waals surface area contributed by atoms with Gasteiger partial charge in [0, 0.05) is 12.5 Å². The van der Waals surface area contributed by atoms with Gasteiger partial charge in [0.05, 0.1) is 11.7 Å². The molecule has 0 aliphatic carbocycles. The first-order chi connectivity index (χ1) is 9.97. The molecule has 0 saturated carbocycles. The van der Waals surface area contributed by atoms with Gasteiger partial charge in [0.25, 0.3) is 0 Å². The number of aryl methyl sites for hydroxylation is 1. The Labute approximate surface area is 121 Å². The number of rotatable bonds is 4. The first-order valence-corrected chi connectivity index (χ1v) is 6.54. The monoisotopic (exact) mass is 295 g/mol. The van der Waals surface area contributed by atoms with E-state index in [4.69, 9.17) is 5.73 Å². The highest BCUT2D eigenvalue weighted by Gasteiger charge is 2.29. The lowest BCUT2D eigenvalue weighted by atomic mass is 9.88. The van der Waals surface area contributed by atoms with Crippen LogP contribution in [0, 0.1) is 24.4 Å². The molecule has 21 heavy (non-hydrogen) atoms. The van der Waals surface area contributed by atoms with Gasteiger partial charge in [-0.1, -0.05) is 24.3 Å². The van der Waals surface area contributed by atoms with Crippen LogP contribution in [-0.2, 0) is 0 Å². The van der Waals surface area contributed by atoms with Crippen molar-refractivity contribution in [2.24, 2.45) is 5.73 Å². The zero-order valence-corrected chi connectivity index (χ0v) is 11.5. The van der Waals surface area contributed by atoms with Crippen molar-refractivity contribution in [3.63, 3.8) is 0 Å². The normalized spacial score (nSPS) is 14.0. The third-order valence-electron chi connectivity index (χ3n) is 3.56. The van der Waals surface area contributed by atoms with Crippen molar-refractivity contribution >= 4 is 0 Å². The average Bonchev–Trinajstić information content (AvgIpc) is 2.46. The summed E-state index contributed by atoms with van der Waals surface area (Å²) in [5.41, 5.74) is 5.44. The number of aliphatic hydroxyl groups is 1. The SMILES string of the molecule is Cc1ccc(F)c(C(O)C(CN)c2ccccc2F)c1F. The topological polar surface area (TPSA) is 46.2 Å². The Morgan fingerprint density at radius 1 is 1.05 bits per heavy atom. The number of hydrogen-bond donors (Lipinski definition) is 2. The van der Waals surface area contributed by atoms with Crippen molar-refractivity contribution in [3.05, 3.63) is 70.5 Å². The highest BCUT2D eigenvalue weighted by molar-refractivity contribution is 5.33. The first-order valence-electron chi connectivity index (χ1n) is 6.54. The maximum atomic E-state index is 14.1. The predicted octanol–water partition coefficient (Wildman–Crippen LogP) is 3.19. The summed E-state index contributed by atoms with van der Waals surface area (Å²) in [5.74, 6) is -3.21. The molecule has 0 saturated heterocycles. The van der Waals surface area contributed by atoms with Crippen LogP contribution in [-0.4, -0.2) is 11.7 Å². The van der Waals surface area contributed by atoms with Gasteiger partial charge in [0.1, 0.15) is 17.5 Å². The smallest absolute Gasteiger partial charge is 0.134 e. The zero-order valence-electron chi connectivity index (χ0n) is 11.5. The average molecular weight is 295 g/mol. The molecular formula is C16H16F3NO. The second kappa shape index (κ2) is 6.28. The fraction of sp³-hybridized carbons (Fsp3) is 0.250. The number of aliphatic hydroxyl groups excluding tert-OH is 1. The lowest BCUT2D eigenvalue weighted by Gasteiger charge is -2.24. The Morgan fingerprint density at radius 3 is 2.33 bits per heavy atom. The maximum Gasteiger partial charge on any atom is 0.134 e. The number of halogens is 3. The summed E-state index contributed by atoms with van der Waals surface area (Å²) < 4.78 is 41.8. The molecule has 2 aromatic rings. The summed E-state index contributed by atoms with van der Waals surface area (Å²) in [4.78, 5) is 0. The number of hydrogen-bond acceptors (Lipinski definition) is 2. The third kappa shape index (κ3) is 2.94. The van der Waals surface area contributed by atoms with Crippen LogP contribution in [0.15, 0.2) is 36.4 Å². The minimum Gasteiger partial charge on any atom is -0.388 e. The molecule has 0 aliphatic rings. The quantitative estimate of drug-likeness (QED) is 0.910. The molecule has 0 spiro atoms. The summed E-state index contributed by atoms with van der Waals surface area (Å²) in [5, 5.41) is 10.3. The van der Waals surface area contributed by atoms with Crippen LogP contribution in [0.2, 0.25) is 0 Å². The van der Waals surface area contributed by atoms with Crippen LogP contribution in [0.4, 0.5) is 13.2 Å². The van der Waals surface area contributed by atoms with Crippen molar-refractivity contribution in [2.75, 3.05) is 6.54 Å². The van der Waals surface area contributed by atoms with Gasteiger partial charge in [-0.25, -0.2) is 13.2 Å². The van der Waals surface area contributed by atoms with Gasteiger partial charge < -0.3 is 10.8 Å². The van der Waals surface area contributed by atoms with Gasteiger partial charge in [-0.15, -0.1) is 0 Å². The Balaban J connectivity index is 2.49. The number of benzene rings is 2. The largest absolute Gasteiger partial charge is 0.388 e. The van der Waals surface area contributed by atoms with Crippen molar-refractivity contribution in [3.8, 4) is 0 Å². The highest BCUT2D eigenvalue weighted by atomic mass is 19.1. The Hall–Kier alpha value is -1.85. The zero-order chi connectivity index (χ0) is 15.6. The number of nitrogens with two attached hydrogens (primary N) is 1. The van der Waals surface area contributed by atoms with Crippen LogP contribution in [0.5, 0.6) is 0 Å². The molecule has 112 valence electrons.